The molecule has 1 aromatic rings. The number of hydroxylamine groups is 1. The third-order valence-electron chi connectivity index (χ3n) is 5.90. The number of hydrazine groups is 1. The number of nitrogens with zero attached hydrogens (tertiary/aromatic N) is 1. The van der Waals surface area contributed by atoms with Crippen LogP contribution < -0.4 is 16.2 Å². The number of urea groups is 1. The normalized spacial score (nSPS) is 18.8. The molecule has 9 nitrogen and oxygen atoms in total. The molecule has 0 radical (unpaired) electrons. The zero-order valence-electron chi connectivity index (χ0n) is 19.6. The Labute approximate surface area is 194 Å². The van der Waals surface area contributed by atoms with Crippen molar-refractivity contribution in [1.82, 2.24) is 21.2 Å². The SMILES string of the molecule is CC[C@H](C)[C@H]1C(=O)NC(=O)N1NC(=O)[C@H](CC(C)C)[C@H](C/C=C/c1ccccc1)C(=O)NO. The Bertz CT molecular complexity index is 871. The second kappa shape index (κ2) is 12.2. The van der Waals surface area contributed by atoms with Gasteiger partial charge in [0.2, 0.25) is 11.8 Å². The molecule has 1 aliphatic rings. The van der Waals surface area contributed by atoms with Crippen LogP contribution in [0.2, 0.25) is 0 Å². The molecule has 4 N–H and O–H groups in total. The summed E-state index contributed by atoms with van der Waals surface area (Å²) >= 11 is 0. The first kappa shape index (κ1) is 26.1. The van der Waals surface area contributed by atoms with Gasteiger partial charge in [0.05, 0.1) is 11.8 Å². The van der Waals surface area contributed by atoms with Crippen LogP contribution in [0.25, 0.3) is 6.08 Å². The minimum Gasteiger partial charge on any atom is -0.289 e. The van der Waals surface area contributed by atoms with Crippen LogP contribution in [0.1, 0.15) is 52.5 Å². The molecular weight excluding hydrogens is 424 g/mol. The van der Waals surface area contributed by atoms with Crippen molar-refractivity contribution < 1.29 is 24.4 Å². The number of rotatable bonds is 11. The van der Waals surface area contributed by atoms with E-state index in [1.165, 1.54) is 0 Å². The maximum Gasteiger partial charge on any atom is 0.343 e. The fraction of sp³-hybridized carbons (Fsp3) is 0.500. The lowest BCUT2D eigenvalue weighted by Gasteiger charge is -2.30. The Hall–Kier alpha value is -3.20. The van der Waals surface area contributed by atoms with Gasteiger partial charge in [-0.05, 0) is 30.2 Å². The number of hydrogen-bond acceptors (Lipinski definition) is 5. The minimum atomic E-state index is -0.874. The van der Waals surface area contributed by atoms with Crippen molar-refractivity contribution in [3.8, 4) is 0 Å². The Kier molecular flexibility index (Phi) is 9.59. The van der Waals surface area contributed by atoms with E-state index in [1.807, 2.05) is 64.1 Å². The standard InChI is InChI=1S/C24H34N4O5/c1-5-16(4)20-23(31)25-24(32)28(20)26-21(29)19(14-15(2)3)18(22(30)27-33)13-9-12-17-10-7-6-8-11-17/h6-12,15-16,18-20,33H,5,13-14H2,1-4H3,(H,26,29)(H,27,30)(H,25,31,32)/b12-9+/t16-,18-,19+,20-/m0/s1. The maximum absolute atomic E-state index is 13.3. The van der Waals surface area contributed by atoms with E-state index < -0.39 is 41.6 Å². The van der Waals surface area contributed by atoms with E-state index in [-0.39, 0.29) is 18.3 Å². The van der Waals surface area contributed by atoms with Crippen LogP contribution in [-0.2, 0) is 14.4 Å². The maximum atomic E-state index is 13.3. The predicted molar refractivity (Wildman–Crippen MR) is 123 cm³/mol. The highest BCUT2D eigenvalue weighted by Crippen LogP contribution is 2.26. The van der Waals surface area contributed by atoms with Crippen molar-refractivity contribution in [3.63, 3.8) is 0 Å². The highest BCUT2D eigenvalue weighted by molar-refractivity contribution is 6.05. The van der Waals surface area contributed by atoms with Crippen molar-refractivity contribution in [3.05, 3.63) is 42.0 Å². The van der Waals surface area contributed by atoms with Gasteiger partial charge < -0.3 is 0 Å². The van der Waals surface area contributed by atoms with E-state index in [4.69, 9.17) is 0 Å². The quantitative estimate of drug-likeness (QED) is 0.230. The fourth-order valence-electron chi connectivity index (χ4n) is 3.95. The molecule has 33 heavy (non-hydrogen) atoms. The molecule has 4 atom stereocenters. The average molecular weight is 459 g/mol. The monoisotopic (exact) mass is 458 g/mol. The summed E-state index contributed by atoms with van der Waals surface area (Å²) in [5.41, 5.74) is 5.18. The molecule has 0 aromatic heterocycles. The molecule has 1 heterocycles. The number of carbonyl (C=O) groups excluding carboxylic acids is 4. The van der Waals surface area contributed by atoms with Gasteiger partial charge in [0.25, 0.3) is 5.91 Å². The van der Waals surface area contributed by atoms with Crippen LogP contribution in [0.15, 0.2) is 36.4 Å². The van der Waals surface area contributed by atoms with Gasteiger partial charge in [-0.15, -0.1) is 0 Å². The molecule has 180 valence electrons. The predicted octanol–water partition coefficient (Wildman–Crippen LogP) is 2.87. The minimum absolute atomic E-state index is 0.0623. The smallest absolute Gasteiger partial charge is 0.289 e. The Morgan fingerprint density at radius 2 is 1.79 bits per heavy atom. The third-order valence-corrected chi connectivity index (χ3v) is 5.90. The first-order chi connectivity index (χ1) is 15.7. The van der Waals surface area contributed by atoms with Gasteiger partial charge in [-0.2, -0.15) is 0 Å². The summed E-state index contributed by atoms with van der Waals surface area (Å²) in [5.74, 6) is -3.53. The van der Waals surface area contributed by atoms with Crippen LogP contribution >= 0.6 is 0 Å². The molecule has 1 aliphatic heterocycles. The van der Waals surface area contributed by atoms with Crippen molar-refractivity contribution in [2.45, 2.75) is 53.0 Å². The summed E-state index contributed by atoms with van der Waals surface area (Å²) < 4.78 is 0. The topological polar surface area (TPSA) is 128 Å². The van der Waals surface area contributed by atoms with E-state index in [1.54, 1.807) is 11.6 Å². The zero-order chi connectivity index (χ0) is 24.5. The molecule has 0 bridgehead atoms. The molecule has 1 aromatic carbocycles. The van der Waals surface area contributed by atoms with Crippen LogP contribution in [-0.4, -0.2) is 40.0 Å². The van der Waals surface area contributed by atoms with Gasteiger partial charge in [-0.25, -0.2) is 15.3 Å². The Balaban J connectivity index is 2.26. The van der Waals surface area contributed by atoms with E-state index in [0.717, 1.165) is 10.6 Å². The van der Waals surface area contributed by atoms with E-state index in [9.17, 15) is 24.4 Å². The van der Waals surface area contributed by atoms with Crippen molar-refractivity contribution in [2.24, 2.45) is 23.7 Å². The number of hydrogen-bond donors (Lipinski definition) is 4. The van der Waals surface area contributed by atoms with E-state index >= 15 is 0 Å². The molecule has 0 unspecified atom stereocenters. The molecular formula is C24H34N4O5. The molecule has 0 aliphatic carbocycles. The van der Waals surface area contributed by atoms with Crippen LogP contribution in [0.5, 0.6) is 0 Å². The third kappa shape index (κ3) is 6.89. The van der Waals surface area contributed by atoms with Crippen LogP contribution in [0.4, 0.5) is 4.79 Å². The van der Waals surface area contributed by atoms with Gasteiger partial charge in [-0.1, -0.05) is 76.6 Å². The fourth-order valence-corrected chi connectivity index (χ4v) is 3.95. The summed E-state index contributed by atoms with van der Waals surface area (Å²) in [4.78, 5) is 50.4. The summed E-state index contributed by atoms with van der Waals surface area (Å²) in [6, 6.07) is 7.98. The number of amides is 5. The number of benzene rings is 1. The number of nitrogens with one attached hydrogen (secondary N) is 3. The summed E-state index contributed by atoms with van der Waals surface area (Å²) in [7, 11) is 0. The van der Waals surface area contributed by atoms with Crippen molar-refractivity contribution in [1.29, 1.82) is 0 Å². The van der Waals surface area contributed by atoms with Crippen molar-refractivity contribution >= 4 is 29.8 Å². The average Bonchev–Trinajstić information content (AvgIpc) is 3.07. The molecule has 0 saturated carbocycles. The molecule has 5 amide bonds. The Morgan fingerprint density at radius 1 is 1.12 bits per heavy atom. The second-order valence-corrected chi connectivity index (χ2v) is 8.84. The van der Waals surface area contributed by atoms with Crippen LogP contribution in [0.3, 0.4) is 0 Å². The molecule has 1 fully saturated rings. The van der Waals surface area contributed by atoms with Gasteiger partial charge in [0, 0.05) is 0 Å². The second-order valence-electron chi connectivity index (χ2n) is 8.84. The Morgan fingerprint density at radius 3 is 2.36 bits per heavy atom. The van der Waals surface area contributed by atoms with Crippen LogP contribution in [0, 0.1) is 23.7 Å². The number of allylic oxidation sites excluding steroid dienone is 1. The summed E-state index contributed by atoms with van der Waals surface area (Å²) in [6.07, 6.45) is 4.80. The van der Waals surface area contributed by atoms with Gasteiger partial charge >= 0.3 is 6.03 Å². The van der Waals surface area contributed by atoms with Gasteiger partial charge in [-0.3, -0.25) is 30.3 Å². The first-order valence-corrected chi connectivity index (χ1v) is 11.3. The number of imide groups is 1. The zero-order valence-corrected chi connectivity index (χ0v) is 19.6. The summed E-state index contributed by atoms with van der Waals surface area (Å²) in [6.45, 7) is 7.55. The number of carbonyl (C=O) groups is 4. The molecule has 0 spiro atoms. The molecule has 2 rings (SSSR count). The first-order valence-electron chi connectivity index (χ1n) is 11.3. The van der Waals surface area contributed by atoms with E-state index in [0.29, 0.717) is 12.8 Å². The lowest BCUT2D eigenvalue weighted by atomic mass is 9.82. The highest BCUT2D eigenvalue weighted by atomic mass is 16.5. The largest absolute Gasteiger partial charge is 0.343 e. The summed E-state index contributed by atoms with van der Waals surface area (Å²) in [5, 5.41) is 12.6. The van der Waals surface area contributed by atoms with Gasteiger partial charge in [0.1, 0.15) is 6.04 Å². The highest BCUT2D eigenvalue weighted by Gasteiger charge is 2.44. The lowest BCUT2D eigenvalue weighted by molar-refractivity contribution is -0.142. The van der Waals surface area contributed by atoms with Gasteiger partial charge in [0.15, 0.2) is 0 Å². The lowest BCUT2D eigenvalue weighted by Crippen LogP contribution is -2.54. The van der Waals surface area contributed by atoms with E-state index in [2.05, 4.69) is 10.7 Å². The molecule has 9 heteroatoms. The molecule has 1 saturated heterocycles. The van der Waals surface area contributed by atoms with Crippen molar-refractivity contribution in [2.75, 3.05) is 0 Å².